The molecule has 3 rings (SSSR count). The molecule has 1 N–H and O–H groups in total. The molecule has 0 aliphatic heterocycles. The fraction of sp³-hybridized carbons (Fsp3) is 0.286. The van der Waals surface area contributed by atoms with Crippen LogP contribution in [0.25, 0.3) is 10.9 Å². The number of methoxy groups -OCH3 is 3. The van der Waals surface area contributed by atoms with Crippen molar-refractivity contribution in [2.75, 3.05) is 26.6 Å². The lowest BCUT2D eigenvalue weighted by atomic mass is 10.1. The normalized spacial score (nSPS) is 10.6. The summed E-state index contributed by atoms with van der Waals surface area (Å²) in [6.07, 6.45) is 2.13. The Morgan fingerprint density at radius 3 is 2.41 bits per heavy atom. The number of ether oxygens (including phenoxy) is 3. The summed E-state index contributed by atoms with van der Waals surface area (Å²) in [4.78, 5) is 28.7. The average Bonchev–Trinajstić information content (AvgIpc) is 2.72. The van der Waals surface area contributed by atoms with Crippen molar-refractivity contribution in [1.29, 1.82) is 0 Å². The van der Waals surface area contributed by atoms with E-state index in [9.17, 15) is 9.59 Å². The van der Waals surface area contributed by atoms with E-state index in [1.165, 1.54) is 20.4 Å². The summed E-state index contributed by atoms with van der Waals surface area (Å²) in [5.74, 6) is 1.47. The van der Waals surface area contributed by atoms with Gasteiger partial charge < -0.3 is 19.5 Å². The van der Waals surface area contributed by atoms with Crippen molar-refractivity contribution in [2.45, 2.75) is 19.9 Å². The molecule has 8 nitrogen and oxygen atoms in total. The third-order valence-electron chi connectivity index (χ3n) is 4.55. The van der Waals surface area contributed by atoms with Gasteiger partial charge in [-0.2, -0.15) is 0 Å². The van der Waals surface area contributed by atoms with Crippen molar-refractivity contribution in [3.8, 4) is 17.2 Å². The van der Waals surface area contributed by atoms with Crippen molar-refractivity contribution < 1.29 is 19.0 Å². The fourth-order valence-electron chi connectivity index (χ4n) is 3.09. The highest BCUT2D eigenvalue weighted by Gasteiger charge is 2.12. The Balaban J connectivity index is 1.90. The fourth-order valence-corrected chi connectivity index (χ4v) is 3.09. The molecule has 0 unspecified atom stereocenters. The van der Waals surface area contributed by atoms with Crippen LogP contribution in [-0.2, 0) is 17.8 Å². The van der Waals surface area contributed by atoms with Gasteiger partial charge in [0.2, 0.25) is 5.91 Å². The standard InChI is InChI=1S/C21H23N3O5/c1-13(25)23-17-11-16-15(10-19(17)28-3)21(26)24(12-22-16)8-7-14-5-6-18(27-2)20(9-14)29-4/h5-6,9-12H,7-8H2,1-4H3,(H,23,25). The maximum atomic E-state index is 12.9. The van der Waals surface area contributed by atoms with Gasteiger partial charge in [0.15, 0.2) is 11.5 Å². The minimum atomic E-state index is -0.231. The first-order chi connectivity index (χ1) is 14.0. The van der Waals surface area contributed by atoms with E-state index in [4.69, 9.17) is 14.2 Å². The van der Waals surface area contributed by atoms with Crippen LogP contribution >= 0.6 is 0 Å². The summed E-state index contributed by atoms with van der Waals surface area (Å²) in [5, 5.41) is 3.10. The number of anilines is 1. The van der Waals surface area contributed by atoms with Gasteiger partial charge in [0.05, 0.1) is 44.2 Å². The average molecular weight is 397 g/mol. The number of fused-ring (bicyclic) bond motifs is 1. The number of hydrogen-bond donors (Lipinski definition) is 1. The number of nitrogens with zero attached hydrogens (tertiary/aromatic N) is 2. The van der Waals surface area contributed by atoms with E-state index in [0.29, 0.717) is 46.8 Å². The number of benzene rings is 2. The van der Waals surface area contributed by atoms with Gasteiger partial charge in [-0.3, -0.25) is 14.2 Å². The van der Waals surface area contributed by atoms with Crippen LogP contribution in [0.5, 0.6) is 17.2 Å². The SMILES string of the molecule is COc1cc2c(=O)n(CCc3ccc(OC)c(OC)c3)cnc2cc1NC(C)=O. The number of carbonyl (C=O) groups excluding carboxylic acids is 1. The largest absolute Gasteiger partial charge is 0.495 e. The second-order valence-corrected chi connectivity index (χ2v) is 6.43. The first-order valence-electron chi connectivity index (χ1n) is 9.02. The van der Waals surface area contributed by atoms with Crippen molar-refractivity contribution in [3.63, 3.8) is 0 Å². The minimum Gasteiger partial charge on any atom is -0.495 e. The van der Waals surface area contributed by atoms with Gasteiger partial charge in [-0.25, -0.2) is 4.98 Å². The van der Waals surface area contributed by atoms with Gasteiger partial charge in [0.1, 0.15) is 5.75 Å². The smallest absolute Gasteiger partial charge is 0.261 e. The summed E-state index contributed by atoms with van der Waals surface area (Å²) in [7, 11) is 4.66. The molecule has 29 heavy (non-hydrogen) atoms. The van der Waals surface area contributed by atoms with Crippen molar-refractivity contribution in [1.82, 2.24) is 9.55 Å². The maximum absolute atomic E-state index is 12.9. The highest BCUT2D eigenvalue weighted by Crippen LogP contribution is 2.29. The second kappa shape index (κ2) is 8.64. The van der Waals surface area contributed by atoms with Crippen molar-refractivity contribution >= 4 is 22.5 Å². The molecule has 2 aromatic carbocycles. The van der Waals surface area contributed by atoms with Crippen molar-refractivity contribution in [3.05, 3.63) is 52.6 Å². The molecule has 0 spiro atoms. The van der Waals surface area contributed by atoms with E-state index in [1.54, 1.807) is 30.9 Å². The zero-order valence-electron chi connectivity index (χ0n) is 16.8. The monoisotopic (exact) mass is 397 g/mol. The summed E-state index contributed by atoms with van der Waals surface area (Å²) in [5.41, 5.74) is 1.79. The number of nitrogens with one attached hydrogen (secondary N) is 1. The summed E-state index contributed by atoms with van der Waals surface area (Å²) >= 11 is 0. The quantitative estimate of drug-likeness (QED) is 0.659. The number of carbonyl (C=O) groups is 1. The lowest BCUT2D eigenvalue weighted by Gasteiger charge is -2.12. The molecular weight excluding hydrogens is 374 g/mol. The number of rotatable bonds is 7. The van der Waals surface area contributed by atoms with Crippen LogP contribution in [0.15, 0.2) is 41.5 Å². The lowest BCUT2D eigenvalue weighted by molar-refractivity contribution is -0.114. The van der Waals surface area contributed by atoms with Gasteiger partial charge in [-0.15, -0.1) is 0 Å². The highest BCUT2D eigenvalue weighted by atomic mass is 16.5. The van der Waals surface area contributed by atoms with Gasteiger partial charge in [0.25, 0.3) is 5.56 Å². The molecular formula is C21H23N3O5. The van der Waals surface area contributed by atoms with Gasteiger partial charge in [-0.1, -0.05) is 6.07 Å². The Bertz CT molecular complexity index is 1110. The summed E-state index contributed by atoms with van der Waals surface area (Å²) in [6.45, 7) is 1.86. The molecule has 1 aromatic heterocycles. The molecule has 1 amide bonds. The predicted octanol–water partition coefficient (Wildman–Crippen LogP) is 2.62. The molecule has 152 valence electrons. The molecule has 0 atom stereocenters. The van der Waals surface area contributed by atoms with Crippen LogP contribution in [0.2, 0.25) is 0 Å². The Morgan fingerprint density at radius 2 is 1.76 bits per heavy atom. The molecule has 0 saturated heterocycles. The summed E-state index contributed by atoms with van der Waals surface area (Å²) < 4.78 is 17.4. The van der Waals surface area contributed by atoms with E-state index in [1.807, 2.05) is 18.2 Å². The Labute approximate surface area is 168 Å². The van der Waals surface area contributed by atoms with Gasteiger partial charge in [-0.05, 0) is 36.2 Å². The molecule has 1 heterocycles. The minimum absolute atomic E-state index is 0.178. The molecule has 0 aliphatic rings. The topological polar surface area (TPSA) is 91.7 Å². The van der Waals surface area contributed by atoms with Crippen LogP contribution < -0.4 is 25.1 Å². The first-order valence-corrected chi connectivity index (χ1v) is 9.02. The molecule has 0 saturated carbocycles. The van der Waals surface area contributed by atoms with Crippen LogP contribution in [0.4, 0.5) is 5.69 Å². The van der Waals surface area contributed by atoms with Gasteiger partial charge in [0, 0.05) is 13.5 Å². The Morgan fingerprint density at radius 1 is 1.03 bits per heavy atom. The number of aromatic nitrogens is 2. The van der Waals surface area contributed by atoms with E-state index in [0.717, 1.165) is 5.56 Å². The summed E-state index contributed by atoms with van der Waals surface area (Å²) in [6, 6.07) is 8.90. The maximum Gasteiger partial charge on any atom is 0.261 e. The number of aryl methyl sites for hydroxylation is 2. The van der Waals surface area contributed by atoms with Crippen molar-refractivity contribution in [2.24, 2.45) is 0 Å². The third kappa shape index (κ3) is 4.31. The third-order valence-corrected chi connectivity index (χ3v) is 4.55. The van der Waals surface area contributed by atoms with E-state index in [2.05, 4.69) is 10.3 Å². The van der Waals surface area contributed by atoms with Crippen LogP contribution in [0.3, 0.4) is 0 Å². The number of hydrogen-bond acceptors (Lipinski definition) is 6. The van der Waals surface area contributed by atoms with E-state index in [-0.39, 0.29) is 11.5 Å². The van der Waals surface area contributed by atoms with Crippen LogP contribution in [0, 0.1) is 0 Å². The zero-order chi connectivity index (χ0) is 21.0. The Hall–Kier alpha value is -3.55. The Kier molecular flexibility index (Phi) is 6.01. The molecule has 0 bridgehead atoms. The van der Waals surface area contributed by atoms with Gasteiger partial charge >= 0.3 is 0 Å². The zero-order valence-corrected chi connectivity index (χ0v) is 16.8. The van der Waals surface area contributed by atoms with Crippen LogP contribution in [0.1, 0.15) is 12.5 Å². The molecule has 3 aromatic rings. The number of amides is 1. The highest BCUT2D eigenvalue weighted by molar-refractivity contribution is 5.94. The van der Waals surface area contributed by atoms with E-state index >= 15 is 0 Å². The predicted molar refractivity (Wildman–Crippen MR) is 110 cm³/mol. The first kappa shape index (κ1) is 20.2. The van der Waals surface area contributed by atoms with Crippen LogP contribution in [-0.4, -0.2) is 36.8 Å². The second-order valence-electron chi connectivity index (χ2n) is 6.43. The molecule has 0 fully saturated rings. The molecule has 0 aliphatic carbocycles. The molecule has 0 radical (unpaired) electrons. The molecule has 8 heteroatoms. The lowest BCUT2D eigenvalue weighted by Crippen LogP contribution is -2.22. The van der Waals surface area contributed by atoms with E-state index < -0.39 is 0 Å².